The molecular formula is C38H50N8O4. The average Bonchev–Trinajstić information content (AvgIpc) is 3.52. The highest BCUT2D eigenvalue weighted by Crippen LogP contribution is 2.39. The normalized spacial score (nSPS) is 18.4. The SMILES string of the molecule is CC(C)(C)c1cc(NC(=O)N[C@H]2CC[C@@H](Oc3ccc4nnc(C(C)(C)C)n4c3)c3ccccc32)cc(C(=O)NCCCN2CCOCC2)n1. The van der Waals surface area contributed by atoms with Crippen LogP contribution >= 0.6 is 0 Å². The van der Waals surface area contributed by atoms with Gasteiger partial charge in [0.1, 0.15) is 23.4 Å². The molecule has 1 aliphatic carbocycles. The van der Waals surface area contributed by atoms with Gasteiger partial charge in [-0.05, 0) is 61.2 Å². The van der Waals surface area contributed by atoms with Gasteiger partial charge in [0.2, 0.25) is 0 Å². The Morgan fingerprint density at radius 2 is 1.70 bits per heavy atom. The third kappa shape index (κ3) is 8.42. The van der Waals surface area contributed by atoms with E-state index in [1.54, 1.807) is 6.07 Å². The van der Waals surface area contributed by atoms with Crippen molar-refractivity contribution < 1.29 is 19.1 Å². The van der Waals surface area contributed by atoms with E-state index in [0.717, 1.165) is 73.3 Å². The molecule has 4 heterocycles. The summed E-state index contributed by atoms with van der Waals surface area (Å²) >= 11 is 0. The Hall–Kier alpha value is -4.55. The third-order valence-electron chi connectivity index (χ3n) is 9.19. The van der Waals surface area contributed by atoms with E-state index in [1.807, 2.05) is 67.8 Å². The molecule has 6 rings (SSSR count). The van der Waals surface area contributed by atoms with Crippen LogP contribution in [0.1, 0.15) is 106 Å². The lowest BCUT2D eigenvalue weighted by molar-refractivity contribution is 0.0374. The van der Waals surface area contributed by atoms with Gasteiger partial charge in [-0.2, -0.15) is 0 Å². The highest BCUT2D eigenvalue weighted by molar-refractivity contribution is 5.95. The fourth-order valence-corrected chi connectivity index (χ4v) is 6.49. The molecule has 266 valence electrons. The molecule has 3 aromatic heterocycles. The van der Waals surface area contributed by atoms with Crippen LogP contribution in [-0.2, 0) is 15.6 Å². The topological polar surface area (TPSA) is 135 Å². The molecule has 1 aliphatic heterocycles. The average molecular weight is 683 g/mol. The van der Waals surface area contributed by atoms with E-state index in [0.29, 0.717) is 25.1 Å². The van der Waals surface area contributed by atoms with E-state index < -0.39 is 0 Å². The van der Waals surface area contributed by atoms with Gasteiger partial charge in [-0.15, -0.1) is 10.2 Å². The molecule has 0 spiro atoms. The summed E-state index contributed by atoms with van der Waals surface area (Å²) in [5.41, 5.74) is 3.85. The van der Waals surface area contributed by atoms with Crippen molar-refractivity contribution in [3.8, 4) is 5.75 Å². The summed E-state index contributed by atoms with van der Waals surface area (Å²) in [6, 6.07) is 14.9. The van der Waals surface area contributed by atoms with Crippen molar-refractivity contribution in [1.82, 2.24) is 35.1 Å². The molecule has 0 unspecified atom stereocenters. The van der Waals surface area contributed by atoms with E-state index in [-0.39, 0.29) is 40.6 Å². The molecule has 50 heavy (non-hydrogen) atoms. The number of rotatable bonds is 9. The van der Waals surface area contributed by atoms with E-state index in [4.69, 9.17) is 9.47 Å². The van der Waals surface area contributed by atoms with Gasteiger partial charge in [0.15, 0.2) is 5.65 Å². The fraction of sp³-hybridized carbons (Fsp3) is 0.500. The standard InChI is InChI=1S/C38H50N8O4/c1-37(2,3)32-23-25(22-30(41-32)34(47)39-16-9-17-45-18-20-49-21-19-45)40-36(48)42-29-13-14-31(28-11-8-7-10-27(28)29)50-26-12-15-33-43-44-35(38(4,5)6)46(33)24-26/h7-8,10-12,15,22-24,29,31H,9,13-14,16-21H2,1-6H3,(H,39,47)(H2,40,41,42,48)/t29-,31+/m0/s1. The maximum absolute atomic E-state index is 13.5. The number of hydrogen-bond donors (Lipinski definition) is 3. The first-order valence-corrected chi connectivity index (χ1v) is 17.6. The molecule has 12 heteroatoms. The third-order valence-corrected chi connectivity index (χ3v) is 9.19. The van der Waals surface area contributed by atoms with E-state index in [2.05, 4.69) is 62.9 Å². The van der Waals surface area contributed by atoms with E-state index in [1.165, 1.54) is 0 Å². The molecule has 1 saturated heterocycles. The second-order valence-electron chi connectivity index (χ2n) is 15.3. The molecule has 0 bridgehead atoms. The first-order chi connectivity index (χ1) is 23.8. The number of amides is 3. The lowest BCUT2D eigenvalue weighted by atomic mass is 9.85. The molecule has 2 atom stereocenters. The zero-order valence-electron chi connectivity index (χ0n) is 30.1. The lowest BCUT2D eigenvalue weighted by Gasteiger charge is -2.32. The number of nitrogens with zero attached hydrogens (tertiary/aromatic N) is 5. The minimum atomic E-state index is -0.347. The summed E-state index contributed by atoms with van der Waals surface area (Å²) in [6.07, 6.45) is 4.02. The van der Waals surface area contributed by atoms with Crippen molar-refractivity contribution in [1.29, 1.82) is 0 Å². The molecule has 12 nitrogen and oxygen atoms in total. The smallest absolute Gasteiger partial charge is 0.319 e. The molecule has 1 aromatic carbocycles. The molecule has 3 N–H and O–H groups in total. The first kappa shape index (κ1) is 35.3. The maximum atomic E-state index is 13.5. The van der Waals surface area contributed by atoms with Crippen LogP contribution < -0.4 is 20.7 Å². The fourth-order valence-electron chi connectivity index (χ4n) is 6.49. The van der Waals surface area contributed by atoms with Gasteiger partial charge in [-0.25, -0.2) is 9.78 Å². The van der Waals surface area contributed by atoms with Gasteiger partial charge in [0, 0.05) is 41.8 Å². The number of carbonyl (C=O) groups is 2. The van der Waals surface area contributed by atoms with Gasteiger partial charge in [0.25, 0.3) is 5.91 Å². The van der Waals surface area contributed by atoms with Crippen molar-refractivity contribution in [3.63, 3.8) is 0 Å². The number of aromatic nitrogens is 4. The van der Waals surface area contributed by atoms with Gasteiger partial charge in [-0.3, -0.25) is 14.1 Å². The van der Waals surface area contributed by atoms with Crippen LogP contribution in [0.25, 0.3) is 5.65 Å². The molecule has 1 fully saturated rings. The maximum Gasteiger partial charge on any atom is 0.319 e. The number of carbonyl (C=O) groups excluding carboxylic acids is 2. The van der Waals surface area contributed by atoms with Gasteiger partial charge in [-0.1, -0.05) is 65.8 Å². The highest BCUT2D eigenvalue weighted by atomic mass is 16.5. The Morgan fingerprint density at radius 3 is 2.44 bits per heavy atom. The molecule has 2 aliphatic rings. The zero-order valence-corrected chi connectivity index (χ0v) is 30.1. The molecule has 4 aromatic rings. The summed E-state index contributed by atoms with van der Waals surface area (Å²) in [5, 5.41) is 17.9. The van der Waals surface area contributed by atoms with Crippen molar-refractivity contribution in [2.75, 3.05) is 44.7 Å². The monoisotopic (exact) mass is 682 g/mol. The highest BCUT2D eigenvalue weighted by Gasteiger charge is 2.30. The minimum absolute atomic E-state index is 0.170. The molecular weight excluding hydrogens is 632 g/mol. The molecule has 0 saturated carbocycles. The van der Waals surface area contributed by atoms with Crippen LogP contribution in [0.4, 0.5) is 10.5 Å². The van der Waals surface area contributed by atoms with Crippen LogP contribution in [-0.4, -0.2) is 75.8 Å². The van der Waals surface area contributed by atoms with Crippen LogP contribution in [0.5, 0.6) is 5.75 Å². The zero-order chi connectivity index (χ0) is 35.5. The number of morpholine rings is 1. The van der Waals surface area contributed by atoms with Crippen molar-refractivity contribution in [2.45, 2.75) is 83.8 Å². The largest absolute Gasteiger partial charge is 0.484 e. The van der Waals surface area contributed by atoms with Crippen LogP contribution in [0.2, 0.25) is 0 Å². The number of nitrogens with one attached hydrogen (secondary N) is 3. The van der Waals surface area contributed by atoms with Crippen LogP contribution in [0.3, 0.4) is 0 Å². The number of ether oxygens (including phenoxy) is 2. The van der Waals surface area contributed by atoms with Crippen molar-refractivity contribution >= 4 is 23.3 Å². The molecule has 0 radical (unpaired) electrons. The second kappa shape index (κ2) is 14.7. The Labute approximate surface area is 294 Å². The molecule has 3 amide bonds. The number of pyridine rings is 2. The number of benzene rings is 1. The Morgan fingerprint density at radius 1 is 0.940 bits per heavy atom. The first-order valence-electron chi connectivity index (χ1n) is 17.6. The van der Waals surface area contributed by atoms with Gasteiger partial charge in [0.05, 0.1) is 25.5 Å². The predicted molar refractivity (Wildman–Crippen MR) is 193 cm³/mol. The predicted octanol–water partition coefficient (Wildman–Crippen LogP) is 5.95. The Balaban J connectivity index is 1.11. The number of hydrogen-bond acceptors (Lipinski definition) is 8. The Kier molecular flexibility index (Phi) is 10.4. The summed E-state index contributed by atoms with van der Waals surface area (Å²) in [5.74, 6) is 1.34. The number of anilines is 1. The van der Waals surface area contributed by atoms with E-state index in [9.17, 15) is 9.59 Å². The van der Waals surface area contributed by atoms with Crippen LogP contribution in [0, 0.1) is 0 Å². The van der Waals surface area contributed by atoms with Crippen molar-refractivity contribution in [3.05, 3.63) is 83.1 Å². The number of fused-ring (bicyclic) bond motifs is 2. The summed E-state index contributed by atoms with van der Waals surface area (Å²) < 4.78 is 14.0. The van der Waals surface area contributed by atoms with Crippen LogP contribution in [0.15, 0.2) is 54.7 Å². The van der Waals surface area contributed by atoms with Crippen molar-refractivity contribution in [2.24, 2.45) is 0 Å². The minimum Gasteiger partial charge on any atom is -0.484 e. The summed E-state index contributed by atoms with van der Waals surface area (Å²) in [7, 11) is 0. The van der Waals surface area contributed by atoms with Gasteiger partial charge < -0.3 is 25.4 Å². The quantitative estimate of drug-likeness (QED) is 0.185. The summed E-state index contributed by atoms with van der Waals surface area (Å²) in [4.78, 5) is 33.7. The Bertz CT molecular complexity index is 1820. The second-order valence-corrected chi connectivity index (χ2v) is 15.3. The lowest BCUT2D eigenvalue weighted by Crippen LogP contribution is -2.38. The number of urea groups is 1. The van der Waals surface area contributed by atoms with E-state index >= 15 is 0 Å². The van der Waals surface area contributed by atoms with Gasteiger partial charge >= 0.3 is 6.03 Å². The summed E-state index contributed by atoms with van der Waals surface area (Å²) in [6.45, 7) is 17.2.